The normalized spacial score (nSPS) is 24.3. The van der Waals surface area contributed by atoms with Crippen LogP contribution >= 0.6 is 0 Å². The Morgan fingerprint density at radius 2 is 0.787 bits per heavy atom. The van der Waals surface area contributed by atoms with Gasteiger partial charge in [0.05, 0.1) is 32.0 Å². The van der Waals surface area contributed by atoms with Gasteiger partial charge in [-0.15, -0.1) is 0 Å². The second-order valence-corrected chi connectivity index (χ2v) is 24.0. The van der Waals surface area contributed by atoms with E-state index in [4.69, 9.17) is 18.9 Å². The Balaban J connectivity index is 1.52. The predicted molar refractivity (Wildman–Crippen MR) is 323 cm³/mol. The number of carbonyl (C=O) groups excluding carboxylic acids is 1. The molecule has 0 radical (unpaired) electrons. The fourth-order valence-electron chi connectivity index (χ4n) is 11.2. The maximum absolute atomic E-state index is 13.2. The Labute approximate surface area is 488 Å². The maximum Gasteiger partial charge on any atom is 0.220 e. The number of aliphatic hydroxyl groups is 8. The van der Waals surface area contributed by atoms with E-state index in [2.05, 4.69) is 31.3 Å². The van der Waals surface area contributed by atoms with E-state index in [0.717, 1.165) is 38.5 Å². The standard InChI is InChI=1S/C66H125NO13/c1-3-5-7-9-11-13-14-15-16-17-18-19-20-21-22-23-24-25-26-27-28-29-30-31-32-33-34-35-36-37-38-39-40-42-44-46-48-50-58(71)67-54(55(70)49-47-45-43-41-12-10-8-6-4-2)53-77-65-63(76)61(74)64(57(52-69)79-65)80-66-62(75)60(73)59(72)56(51-68)78-66/h17-18,47,49,54-57,59-66,68-70,72-76H,3-16,19-46,48,50-53H2,1-2H3,(H,67,71)/b18-17-,49-47+. The van der Waals surface area contributed by atoms with Crippen LogP contribution in [0.3, 0.4) is 0 Å². The first kappa shape index (κ1) is 74.6. The van der Waals surface area contributed by atoms with Gasteiger partial charge in [-0.2, -0.15) is 0 Å². The average Bonchev–Trinajstić information content (AvgIpc) is 3.49. The molecule has 0 aromatic rings. The lowest BCUT2D eigenvalue weighted by Gasteiger charge is -2.46. The highest BCUT2D eigenvalue weighted by Crippen LogP contribution is 2.30. The molecule has 0 saturated carbocycles. The number of allylic oxidation sites excluding steroid dienone is 3. The van der Waals surface area contributed by atoms with Gasteiger partial charge in [0.1, 0.15) is 48.8 Å². The van der Waals surface area contributed by atoms with Crippen molar-refractivity contribution in [1.82, 2.24) is 5.32 Å². The number of hydrogen-bond donors (Lipinski definition) is 9. The highest BCUT2D eigenvalue weighted by Gasteiger charge is 2.51. The third-order valence-electron chi connectivity index (χ3n) is 16.6. The van der Waals surface area contributed by atoms with Crippen molar-refractivity contribution in [1.29, 1.82) is 0 Å². The molecule has 12 atom stereocenters. The quantitative estimate of drug-likeness (QED) is 0.0204. The van der Waals surface area contributed by atoms with Crippen LogP contribution in [0.2, 0.25) is 0 Å². The lowest BCUT2D eigenvalue weighted by atomic mass is 9.97. The lowest BCUT2D eigenvalue weighted by Crippen LogP contribution is -2.65. The van der Waals surface area contributed by atoms with Crippen LogP contribution in [0.25, 0.3) is 0 Å². The molecule has 472 valence electrons. The van der Waals surface area contributed by atoms with E-state index in [0.29, 0.717) is 6.42 Å². The summed E-state index contributed by atoms with van der Waals surface area (Å²) in [6, 6.07) is -0.909. The first-order valence-corrected chi connectivity index (χ1v) is 33.6. The van der Waals surface area contributed by atoms with E-state index >= 15 is 0 Å². The first-order valence-electron chi connectivity index (χ1n) is 33.6. The summed E-state index contributed by atoms with van der Waals surface area (Å²) in [6.07, 6.45) is 47.2. The molecule has 12 unspecified atom stereocenters. The van der Waals surface area contributed by atoms with Gasteiger partial charge in [-0.3, -0.25) is 4.79 Å². The van der Waals surface area contributed by atoms with E-state index in [1.807, 2.05) is 6.08 Å². The van der Waals surface area contributed by atoms with Crippen LogP contribution in [0.15, 0.2) is 24.3 Å². The average molecular weight is 1140 g/mol. The second-order valence-electron chi connectivity index (χ2n) is 24.0. The molecular formula is C66H125NO13. The maximum atomic E-state index is 13.2. The molecule has 2 rings (SSSR count). The van der Waals surface area contributed by atoms with Crippen LogP contribution in [0, 0.1) is 0 Å². The van der Waals surface area contributed by atoms with Crippen molar-refractivity contribution in [3.05, 3.63) is 24.3 Å². The van der Waals surface area contributed by atoms with Crippen molar-refractivity contribution in [2.45, 2.75) is 370 Å². The van der Waals surface area contributed by atoms with Crippen molar-refractivity contribution in [2.75, 3.05) is 19.8 Å². The number of carbonyl (C=O) groups is 1. The summed E-state index contributed by atoms with van der Waals surface area (Å²) >= 11 is 0. The third kappa shape index (κ3) is 36.3. The number of hydrogen-bond acceptors (Lipinski definition) is 13. The Morgan fingerprint density at radius 1 is 0.438 bits per heavy atom. The summed E-state index contributed by atoms with van der Waals surface area (Å²) in [5, 5.41) is 86.9. The summed E-state index contributed by atoms with van der Waals surface area (Å²) in [5.74, 6) is -0.237. The summed E-state index contributed by atoms with van der Waals surface area (Å²) in [4.78, 5) is 13.2. The van der Waals surface area contributed by atoms with Crippen LogP contribution in [0.1, 0.15) is 296 Å². The van der Waals surface area contributed by atoms with Gasteiger partial charge < -0.3 is 65.1 Å². The lowest BCUT2D eigenvalue weighted by molar-refractivity contribution is -0.359. The summed E-state index contributed by atoms with van der Waals surface area (Å²) in [7, 11) is 0. The molecule has 9 N–H and O–H groups in total. The predicted octanol–water partition coefficient (Wildman–Crippen LogP) is 12.8. The highest BCUT2D eigenvalue weighted by atomic mass is 16.7. The van der Waals surface area contributed by atoms with Crippen LogP contribution in [-0.4, -0.2) is 140 Å². The minimum atomic E-state index is -1.79. The van der Waals surface area contributed by atoms with Gasteiger partial charge in [0.15, 0.2) is 12.6 Å². The molecule has 0 aromatic heterocycles. The van der Waals surface area contributed by atoms with Crippen molar-refractivity contribution < 1.29 is 64.6 Å². The summed E-state index contributed by atoms with van der Waals surface area (Å²) in [6.45, 7) is 2.78. The molecule has 0 aliphatic carbocycles. The zero-order valence-electron chi connectivity index (χ0n) is 51.1. The van der Waals surface area contributed by atoms with Crippen LogP contribution in [0.4, 0.5) is 0 Å². The fraction of sp³-hybridized carbons (Fsp3) is 0.924. The van der Waals surface area contributed by atoms with Crippen LogP contribution in [-0.2, 0) is 23.7 Å². The molecule has 0 aromatic carbocycles. The van der Waals surface area contributed by atoms with Crippen molar-refractivity contribution in [2.24, 2.45) is 0 Å². The van der Waals surface area contributed by atoms with Gasteiger partial charge in [-0.05, 0) is 44.9 Å². The fourth-order valence-corrected chi connectivity index (χ4v) is 11.2. The third-order valence-corrected chi connectivity index (χ3v) is 16.6. The van der Waals surface area contributed by atoms with E-state index < -0.39 is 86.8 Å². The van der Waals surface area contributed by atoms with Crippen LogP contribution < -0.4 is 5.32 Å². The molecule has 14 nitrogen and oxygen atoms in total. The van der Waals surface area contributed by atoms with E-state index in [1.54, 1.807) is 6.08 Å². The topological polar surface area (TPSA) is 228 Å². The Bertz CT molecular complexity index is 1440. The molecular weight excluding hydrogens is 1010 g/mol. The minimum Gasteiger partial charge on any atom is -0.394 e. The minimum absolute atomic E-state index is 0.237. The molecule has 0 spiro atoms. The number of nitrogens with one attached hydrogen (secondary N) is 1. The largest absolute Gasteiger partial charge is 0.394 e. The summed E-state index contributed by atoms with van der Waals surface area (Å²) in [5.41, 5.74) is 0. The van der Waals surface area contributed by atoms with Gasteiger partial charge in [0.2, 0.25) is 5.91 Å². The molecule has 2 aliphatic rings. The Morgan fingerprint density at radius 3 is 1.19 bits per heavy atom. The molecule has 0 bridgehead atoms. The first-order chi connectivity index (χ1) is 39.1. The number of rotatable bonds is 55. The number of ether oxygens (including phenoxy) is 4. The molecule has 2 heterocycles. The van der Waals surface area contributed by atoms with Gasteiger partial charge in [0.25, 0.3) is 0 Å². The Hall–Kier alpha value is -1.53. The van der Waals surface area contributed by atoms with Crippen LogP contribution in [0.5, 0.6) is 0 Å². The van der Waals surface area contributed by atoms with E-state index in [-0.39, 0.29) is 18.9 Å². The molecule has 14 heteroatoms. The second kappa shape index (κ2) is 51.9. The number of amides is 1. The van der Waals surface area contributed by atoms with Crippen molar-refractivity contribution in [3.63, 3.8) is 0 Å². The Kier molecular flexibility index (Phi) is 48.3. The van der Waals surface area contributed by atoms with Crippen molar-refractivity contribution in [3.8, 4) is 0 Å². The van der Waals surface area contributed by atoms with E-state index in [1.165, 1.54) is 231 Å². The van der Waals surface area contributed by atoms with Gasteiger partial charge in [0, 0.05) is 6.42 Å². The number of aliphatic hydroxyl groups excluding tert-OH is 8. The smallest absolute Gasteiger partial charge is 0.220 e. The van der Waals surface area contributed by atoms with E-state index in [9.17, 15) is 45.6 Å². The van der Waals surface area contributed by atoms with Gasteiger partial charge in [-0.1, -0.05) is 269 Å². The molecule has 2 saturated heterocycles. The molecule has 1 amide bonds. The zero-order chi connectivity index (χ0) is 58.1. The van der Waals surface area contributed by atoms with Gasteiger partial charge in [-0.25, -0.2) is 0 Å². The molecule has 2 fully saturated rings. The summed E-state index contributed by atoms with van der Waals surface area (Å²) < 4.78 is 22.7. The van der Waals surface area contributed by atoms with Crippen molar-refractivity contribution >= 4 is 5.91 Å². The monoisotopic (exact) mass is 1140 g/mol. The molecule has 2 aliphatic heterocycles. The number of unbranched alkanes of at least 4 members (excludes halogenated alkanes) is 40. The molecule has 80 heavy (non-hydrogen) atoms. The van der Waals surface area contributed by atoms with Gasteiger partial charge >= 0.3 is 0 Å². The highest BCUT2D eigenvalue weighted by molar-refractivity contribution is 5.76. The zero-order valence-corrected chi connectivity index (χ0v) is 51.1. The SMILES string of the molecule is CCCCCCCCC/C=C/C(O)C(COC1OC(CO)C(OC2OC(CO)C(O)C(O)C2O)C(O)C1O)NC(=O)CCCCCCCCCCCCCCCCCCCCCCCCCCC/C=C\CCCCCCCCCC.